The van der Waals surface area contributed by atoms with E-state index in [9.17, 15) is 4.79 Å². The first-order chi connectivity index (χ1) is 16.9. The van der Waals surface area contributed by atoms with E-state index in [1.807, 2.05) is 49.4 Å². The van der Waals surface area contributed by atoms with Crippen molar-refractivity contribution in [2.75, 3.05) is 0 Å². The third-order valence-electron chi connectivity index (χ3n) is 6.62. The first kappa shape index (κ1) is 23.1. The summed E-state index contributed by atoms with van der Waals surface area (Å²) in [5.74, 6) is 1.55. The summed E-state index contributed by atoms with van der Waals surface area (Å²) in [7, 11) is 0. The second-order valence-electron chi connectivity index (χ2n) is 9.04. The zero-order valence-electron chi connectivity index (χ0n) is 19.2. The average molecular weight is 542 g/mol. The number of hydrogen-bond acceptors (Lipinski definition) is 5. The molecular weight excluding hydrogens is 519 g/mol. The number of benzene rings is 2. The van der Waals surface area contributed by atoms with Gasteiger partial charge in [0.1, 0.15) is 4.83 Å². The molecule has 0 amide bonds. The Hall–Kier alpha value is -2.32. The van der Waals surface area contributed by atoms with Crippen molar-refractivity contribution in [2.45, 2.75) is 49.9 Å². The molecule has 5 aromatic rings. The fourth-order valence-corrected chi connectivity index (χ4v) is 7.55. The van der Waals surface area contributed by atoms with E-state index in [1.165, 1.54) is 10.4 Å². The van der Waals surface area contributed by atoms with Gasteiger partial charge in [-0.3, -0.25) is 4.79 Å². The van der Waals surface area contributed by atoms with Crippen molar-refractivity contribution in [3.05, 3.63) is 84.4 Å². The molecule has 0 aliphatic heterocycles. The lowest BCUT2D eigenvalue weighted by atomic mass is 9.88. The quantitative estimate of drug-likeness (QED) is 0.222. The van der Waals surface area contributed by atoms with Gasteiger partial charge < -0.3 is 0 Å². The molecule has 0 unspecified atom stereocenters. The van der Waals surface area contributed by atoms with E-state index in [-0.39, 0.29) is 5.56 Å². The zero-order valence-corrected chi connectivity index (χ0v) is 22.4. The molecule has 1 atom stereocenters. The Balaban J connectivity index is 1.58. The van der Waals surface area contributed by atoms with Crippen LogP contribution in [-0.2, 0) is 12.2 Å². The molecule has 0 N–H and O–H groups in total. The molecule has 2 aromatic carbocycles. The van der Waals surface area contributed by atoms with Gasteiger partial charge >= 0.3 is 0 Å². The van der Waals surface area contributed by atoms with E-state index in [4.69, 9.17) is 23.2 Å². The van der Waals surface area contributed by atoms with Gasteiger partial charge in [0.2, 0.25) is 5.78 Å². The molecule has 9 heteroatoms. The van der Waals surface area contributed by atoms with Gasteiger partial charge in [0.25, 0.3) is 5.56 Å². The molecule has 0 radical (unpaired) electrons. The highest BCUT2D eigenvalue weighted by Gasteiger charge is 2.28. The van der Waals surface area contributed by atoms with Gasteiger partial charge in [0, 0.05) is 10.6 Å². The zero-order chi connectivity index (χ0) is 24.3. The van der Waals surface area contributed by atoms with Crippen molar-refractivity contribution in [2.24, 2.45) is 0 Å². The summed E-state index contributed by atoms with van der Waals surface area (Å²) in [6, 6.07) is 13.6. The summed E-state index contributed by atoms with van der Waals surface area (Å²) in [6.07, 6.45) is 3.26. The van der Waals surface area contributed by atoms with E-state index >= 15 is 0 Å². The van der Waals surface area contributed by atoms with Crippen LogP contribution in [0.3, 0.4) is 0 Å². The van der Waals surface area contributed by atoms with Crippen LogP contribution in [0.2, 0.25) is 10.0 Å². The van der Waals surface area contributed by atoms with Crippen LogP contribution >= 0.6 is 46.3 Å². The highest BCUT2D eigenvalue weighted by Crippen LogP contribution is 2.42. The summed E-state index contributed by atoms with van der Waals surface area (Å²) in [4.78, 5) is 16.3. The Kier molecular flexibility index (Phi) is 5.92. The van der Waals surface area contributed by atoms with Gasteiger partial charge in [-0.15, -0.1) is 21.5 Å². The standard InChI is InChI=1S/C26H22Cl2N4OS2/c1-14-6-9-17(10-7-14)31-23(33)22-21-15(2)4-3-5-20(21)35-24(22)32-25(31)29-30-26(32)34-13-16-8-11-18(27)19(28)12-16/h6-12,15H,3-5,13H2,1-2H3/t15-/m1/s1. The Bertz CT molecular complexity index is 1650. The van der Waals surface area contributed by atoms with Crippen LogP contribution in [0.15, 0.2) is 52.4 Å². The molecule has 1 aliphatic carbocycles. The normalized spacial score (nSPS) is 15.7. The average Bonchev–Trinajstić information content (AvgIpc) is 3.43. The maximum absolute atomic E-state index is 14.0. The molecule has 6 rings (SSSR count). The van der Waals surface area contributed by atoms with Crippen molar-refractivity contribution >= 4 is 62.3 Å². The number of hydrogen-bond donors (Lipinski definition) is 0. The second kappa shape index (κ2) is 8.96. The number of thiophene rings is 1. The van der Waals surface area contributed by atoms with Crippen LogP contribution in [0, 0.1) is 6.92 Å². The number of rotatable bonds is 4. The van der Waals surface area contributed by atoms with Crippen LogP contribution in [-0.4, -0.2) is 19.2 Å². The first-order valence-corrected chi connectivity index (χ1v) is 14.1. The van der Waals surface area contributed by atoms with Gasteiger partial charge in [0.15, 0.2) is 5.16 Å². The molecular formula is C26H22Cl2N4OS2. The maximum atomic E-state index is 14.0. The van der Waals surface area contributed by atoms with Gasteiger partial charge in [0.05, 0.1) is 21.1 Å². The number of fused-ring (bicyclic) bond motifs is 5. The number of nitrogens with zero attached hydrogens (tertiary/aromatic N) is 4. The van der Waals surface area contributed by atoms with E-state index in [0.29, 0.717) is 27.5 Å². The smallest absolute Gasteiger partial charge is 0.268 e. The minimum Gasteiger partial charge on any atom is -0.268 e. The van der Waals surface area contributed by atoms with E-state index in [0.717, 1.165) is 51.4 Å². The highest BCUT2D eigenvalue weighted by molar-refractivity contribution is 7.98. The number of aromatic nitrogens is 4. The molecule has 5 nitrogen and oxygen atoms in total. The summed E-state index contributed by atoms with van der Waals surface area (Å²) in [5, 5.41) is 11.7. The minimum atomic E-state index is -0.0176. The molecule has 3 aromatic heterocycles. The van der Waals surface area contributed by atoms with E-state index in [1.54, 1.807) is 27.7 Å². The van der Waals surface area contributed by atoms with Crippen LogP contribution in [0.4, 0.5) is 0 Å². The van der Waals surface area contributed by atoms with Gasteiger partial charge in [-0.05, 0) is 67.5 Å². The van der Waals surface area contributed by atoms with Crippen LogP contribution in [0.1, 0.15) is 47.3 Å². The lowest BCUT2D eigenvalue weighted by molar-refractivity contribution is 0.601. The third-order valence-corrected chi connectivity index (χ3v) is 9.61. The molecule has 0 bridgehead atoms. The second-order valence-corrected chi connectivity index (χ2v) is 11.9. The largest absolute Gasteiger partial charge is 0.268 e. The summed E-state index contributed by atoms with van der Waals surface area (Å²) in [5.41, 5.74) is 4.17. The van der Waals surface area contributed by atoms with Crippen molar-refractivity contribution < 1.29 is 0 Å². The van der Waals surface area contributed by atoms with E-state index in [2.05, 4.69) is 21.5 Å². The third kappa shape index (κ3) is 3.89. The summed E-state index contributed by atoms with van der Waals surface area (Å²) >= 11 is 15.6. The summed E-state index contributed by atoms with van der Waals surface area (Å²) < 4.78 is 3.78. The molecule has 0 fully saturated rings. The van der Waals surface area contributed by atoms with Gasteiger partial charge in [-0.1, -0.05) is 65.7 Å². The Morgan fingerprint density at radius 3 is 2.69 bits per heavy atom. The number of aryl methyl sites for hydroxylation is 2. The van der Waals surface area contributed by atoms with Crippen molar-refractivity contribution in [3.8, 4) is 5.69 Å². The van der Waals surface area contributed by atoms with Crippen LogP contribution in [0.25, 0.3) is 21.7 Å². The van der Waals surface area contributed by atoms with Gasteiger partial charge in [-0.2, -0.15) is 0 Å². The van der Waals surface area contributed by atoms with Crippen LogP contribution in [0.5, 0.6) is 0 Å². The lowest BCUT2D eigenvalue weighted by Gasteiger charge is -2.18. The molecule has 0 saturated heterocycles. The minimum absolute atomic E-state index is 0.0176. The Labute approximate surface area is 220 Å². The fraction of sp³-hybridized carbons (Fsp3) is 0.269. The van der Waals surface area contributed by atoms with Gasteiger partial charge in [-0.25, -0.2) is 8.97 Å². The van der Waals surface area contributed by atoms with Crippen molar-refractivity contribution in [1.29, 1.82) is 0 Å². The molecule has 0 saturated carbocycles. The molecule has 1 aliphatic rings. The summed E-state index contributed by atoms with van der Waals surface area (Å²) in [6.45, 7) is 4.27. The number of thioether (sulfide) groups is 1. The molecule has 3 heterocycles. The Morgan fingerprint density at radius 2 is 1.91 bits per heavy atom. The van der Waals surface area contributed by atoms with Crippen LogP contribution < -0.4 is 5.56 Å². The van der Waals surface area contributed by atoms with Crippen molar-refractivity contribution in [1.82, 2.24) is 19.2 Å². The highest BCUT2D eigenvalue weighted by atomic mass is 35.5. The molecule has 178 valence electrons. The predicted octanol–water partition coefficient (Wildman–Crippen LogP) is 7.44. The fourth-order valence-electron chi connectivity index (χ4n) is 4.85. The number of halogens is 2. The topological polar surface area (TPSA) is 52.2 Å². The SMILES string of the molecule is Cc1ccc(-n2c(=O)c3c4c(sc3n3c(SCc5ccc(Cl)c(Cl)c5)nnc23)CCC[C@H]4C)cc1. The lowest BCUT2D eigenvalue weighted by Crippen LogP contribution is -2.22. The monoisotopic (exact) mass is 540 g/mol. The van der Waals surface area contributed by atoms with Crippen molar-refractivity contribution in [3.63, 3.8) is 0 Å². The molecule has 0 spiro atoms. The van der Waals surface area contributed by atoms with E-state index < -0.39 is 0 Å². The first-order valence-electron chi connectivity index (χ1n) is 11.5. The Morgan fingerprint density at radius 1 is 1.11 bits per heavy atom. The predicted molar refractivity (Wildman–Crippen MR) is 146 cm³/mol. The maximum Gasteiger partial charge on any atom is 0.268 e. The molecule has 35 heavy (non-hydrogen) atoms.